The number of hydrogen-bond donors (Lipinski definition) is 0. The van der Waals surface area contributed by atoms with Crippen LogP contribution in [0.5, 0.6) is 5.75 Å². The van der Waals surface area contributed by atoms with Crippen molar-refractivity contribution in [2.24, 2.45) is 0 Å². The predicted octanol–water partition coefficient (Wildman–Crippen LogP) is 2.30. The van der Waals surface area contributed by atoms with Gasteiger partial charge in [0, 0.05) is 51.0 Å². The first-order valence-electron chi connectivity index (χ1n) is 11.0. The second kappa shape index (κ2) is 9.56. The molecule has 2 atom stereocenters. The minimum Gasteiger partial charge on any atom is -0.497 e. The summed E-state index contributed by atoms with van der Waals surface area (Å²) in [6, 6.07) is 10.9. The molecule has 2 fully saturated rings. The lowest BCUT2D eigenvalue weighted by atomic mass is 10.1. The Bertz CT molecular complexity index is 947. The lowest BCUT2D eigenvalue weighted by Gasteiger charge is -2.36. The van der Waals surface area contributed by atoms with Crippen LogP contribution in [0.1, 0.15) is 34.6 Å². The van der Waals surface area contributed by atoms with Crippen LogP contribution in [0.15, 0.2) is 42.6 Å². The van der Waals surface area contributed by atoms with Crippen LogP contribution in [0.25, 0.3) is 0 Å². The summed E-state index contributed by atoms with van der Waals surface area (Å²) in [5.41, 5.74) is 1.16. The van der Waals surface area contributed by atoms with E-state index < -0.39 is 0 Å². The zero-order valence-electron chi connectivity index (χ0n) is 18.9. The summed E-state index contributed by atoms with van der Waals surface area (Å²) in [4.78, 5) is 36.0. The number of hydrogen-bond acceptors (Lipinski definition) is 6. The van der Waals surface area contributed by atoms with Gasteiger partial charge in [-0.05, 0) is 44.2 Å². The molecule has 0 unspecified atom stereocenters. The normalized spacial score (nSPS) is 21.4. The van der Waals surface area contributed by atoms with Crippen molar-refractivity contribution < 1.29 is 19.1 Å². The van der Waals surface area contributed by atoms with Gasteiger partial charge in [0.1, 0.15) is 11.6 Å². The SMILES string of the molecule is COc1cccc(C(=O)N2CCN(C(=O)c3ccc(N4C[C@H](C)O[C@@H](C)C4)nc3)CC2)c1. The quantitative estimate of drug-likeness (QED) is 0.729. The number of anilines is 1. The van der Waals surface area contributed by atoms with E-state index in [4.69, 9.17) is 9.47 Å². The van der Waals surface area contributed by atoms with Gasteiger partial charge in [0.15, 0.2) is 0 Å². The maximum atomic E-state index is 13.0. The number of morpholine rings is 1. The number of piperazine rings is 1. The number of ether oxygens (including phenoxy) is 2. The molecule has 3 heterocycles. The standard InChI is InChI=1S/C24H30N4O4/c1-17-15-28(16-18(2)32-17)22-8-7-20(14-25-22)24(30)27-11-9-26(10-12-27)23(29)19-5-4-6-21(13-19)31-3/h4-8,13-14,17-18H,9-12,15-16H2,1-3H3/t17-,18-/m0/s1. The van der Waals surface area contributed by atoms with Gasteiger partial charge in [-0.15, -0.1) is 0 Å². The largest absolute Gasteiger partial charge is 0.497 e. The Morgan fingerprint density at radius 1 is 0.938 bits per heavy atom. The van der Waals surface area contributed by atoms with E-state index in [0.717, 1.165) is 18.9 Å². The molecule has 2 saturated heterocycles. The Morgan fingerprint density at radius 2 is 1.56 bits per heavy atom. The van der Waals surface area contributed by atoms with Gasteiger partial charge in [-0.3, -0.25) is 9.59 Å². The summed E-state index contributed by atoms with van der Waals surface area (Å²) in [5.74, 6) is 1.41. The number of amides is 2. The van der Waals surface area contributed by atoms with E-state index in [9.17, 15) is 9.59 Å². The number of benzene rings is 1. The fourth-order valence-corrected chi connectivity index (χ4v) is 4.30. The van der Waals surface area contributed by atoms with Crippen molar-refractivity contribution in [3.05, 3.63) is 53.7 Å². The molecular formula is C24H30N4O4. The molecule has 1 aromatic heterocycles. The van der Waals surface area contributed by atoms with Crippen LogP contribution >= 0.6 is 0 Å². The first-order valence-corrected chi connectivity index (χ1v) is 11.0. The molecule has 170 valence electrons. The minimum atomic E-state index is -0.0544. The van der Waals surface area contributed by atoms with Gasteiger partial charge in [-0.25, -0.2) is 4.98 Å². The fourth-order valence-electron chi connectivity index (χ4n) is 4.30. The Balaban J connectivity index is 1.34. The summed E-state index contributed by atoms with van der Waals surface area (Å²) < 4.78 is 11.0. The first-order chi connectivity index (χ1) is 15.4. The van der Waals surface area contributed by atoms with E-state index in [1.165, 1.54) is 0 Å². The molecular weight excluding hydrogens is 408 g/mol. The highest BCUT2D eigenvalue weighted by molar-refractivity contribution is 5.96. The van der Waals surface area contributed by atoms with Gasteiger partial charge in [-0.1, -0.05) is 6.07 Å². The number of rotatable bonds is 4. The molecule has 2 aliphatic heterocycles. The molecule has 2 amide bonds. The second-order valence-corrected chi connectivity index (χ2v) is 8.38. The van der Waals surface area contributed by atoms with Gasteiger partial charge in [0.25, 0.3) is 11.8 Å². The highest BCUT2D eigenvalue weighted by atomic mass is 16.5. The van der Waals surface area contributed by atoms with Crippen LogP contribution in [0.2, 0.25) is 0 Å². The van der Waals surface area contributed by atoms with Crippen LogP contribution in [0.4, 0.5) is 5.82 Å². The van der Waals surface area contributed by atoms with E-state index in [-0.39, 0.29) is 24.0 Å². The first kappa shape index (κ1) is 22.1. The van der Waals surface area contributed by atoms with E-state index in [1.807, 2.05) is 18.2 Å². The summed E-state index contributed by atoms with van der Waals surface area (Å²) in [7, 11) is 1.58. The smallest absolute Gasteiger partial charge is 0.255 e. The van der Waals surface area contributed by atoms with Crippen LogP contribution in [0, 0.1) is 0 Å². The molecule has 2 aromatic rings. The van der Waals surface area contributed by atoms with Crippen LogP contribution in [0.3, 0.4) is 0 Å². The van der Waals surface area contributed by atoms with Crippen molar-refractivity contribution >= 4 is 17.6 Å². The number of aromatic nitrogens is 1. The van der Waals surface area contributed by atoms with Crippen molar-refractivity contribution in [1.82, 2.24) is 14.8 Å². The Kier molecular flexibility index (Phi) is 6.60. The Hall–Kier alpha value is -3.13. The molecule has 0 spiro atoms. The average Bonchev–Trinajstić information content (AvgIpc) is 2.83. The monoisotopic (exact) mass is 438 g/mol. The van der Waals surface area contributed by atoms with Crippen molar-refractivity contribution in [2.75, 3.05) is 51.3 Å². The number of methoxy groups -OCH3 is 1. The third-order valence-corrected chi connectivity index (χ3v) is 5.91. The average molecular weight is 439 g/mol. The molecule has 0 aliphatic carbocycles. The summed E-state index contributed by atoms with van der Waals surface area (Å²) >= 11 is 0. The second-order valence-electron chi connectivity index (χ2n) is 8.38. The highest BCUT2D eigenvalue weighted by Gasteiger charge is 2.27. The van der Waals surface area contributed by atoms with Gasteiger partial charge in [0.2, 0.25) is 0 Å². The summed E-state index contributed by atoms with van der Waals surface area (Å²) in [6.45, 7) is 7.66. The van der Waals surface area contributed by atoms with Crippen LogP contribution < -0.4 is 9.64 Å². The molecule has 0 radical (unpaired) electrons. The van der Waals surface area contributed by atoms with Gasteiger partial charge < -0.3 is 24.2 Å². The molecule has 0 bridgehead atoms. The molecule has 32 heavy (non-hydrogen) atoms. The maximum absolute atomic E-state index is 13.0. The molecule has 2 aliphatic rings. The molecule has 0 saturated carbocycles. The highest BCUT2D eigenvalue weighted by Crippen LogP contribution is 2.20. The lowest BCUT2D eigenvalue weighted by Crippen LogP contribution is -2.50. The predicted molar refractivity (Wildman–Crippen MR) is 121 cm³/mol. The van der Waals surface area contributed by atoms with E-state index in [2.05, 4.69) is 23.7 Å². The Morgan fingerprint density at radius 3 is 2.12 bits per heavy atom. The molecule has 8 nitrogen and oxygen atoms in total. The van der Waals surface area contributed by atoms with Crippen LogP contribution in [-0.2, 0) is 4.74 Å². The lowest BCUT2D eigenvalue weighted by molar-refractivity contribution is -0.00546. The van der Waals surface area contributed by atoms with Crippen LogP contribution in [-0.4, -0.2) is 85.2 Å². The summed E-state index contributed by atoms with van der Waals surface area (Å²) in [6.07, 6.45) is 1.95. The summed E-state index contributed by atoms with van der Waals surface area (Å²) in [5, 5.41) is 0. The van der Waals surface area contributed by atoms with Gasteiger partial charge in [-0.2, -0.15) is 0 Å². The molecule has 1 aromatic carbocycles. The number of pyridine rings is 1. The number of nitrogens with zero attached hydrogens (tertiary/aromatic N) is 4. The van der Waals surface area contributed by atoms with E-state index in [1.54, 1.807) is 41.3 Å². The Labute approximate surface area is 188 Å². The molecule has 8 heteroatoms. The zero-order valence-corrected chi connectivity index (χ0v) is 18.9. The van der Waals surface area contributed by atoms with Gasteiger partial charge >= 0.3 is 0 Å². The topological polar surface area (TPSA) is 75.2 Å². The van der Waals surface area contributed by atoms with E-state index >= 15 is 0 Å². The zero-order chi connectivity index (χ0) is 22.7. The van der Waals surface area contributed by atoms with Crippen molar-refractivity contribution in [1.29, 1.82) is 0 Å². The molecule has 0 N–H and O–H groups in total. The van der Waals surface area contributed by atoms with Crippen molar-refractivity contribution in [3.8, 4) is 5.75 Å². The number of carbonyl (C=O) groups is 2. The fraction of sp³-hybridized carbons (Fsp3) is 0.458. The maximum Gasteiger partial charge on any atom is 0.255 e. The van der Waals surface area contributed by atoms with Crippen molar-refractivity contribution in [2.45, 2.75) is 26.1 Å². The third-order valence-electron chi connectivity index (χ3n) is 5.91. The number of carbonyl (C=O) groups excluding carboxylic acids is 2. The minimum absolute atomic E-state index is 0.0454. The van der Waals surface area contributed by atoms with Gasteiger partial charge in [0.05, 0.1) is 24.9 Å². The van der Waals surface area contributed by atoms with Crippen molar-refractivity contribution in [3.63, 3.8) is 0 Å². The molecule has 4 rings (SSSR count). The third kappa shape index (κ3) is 4.85. The van der Waals surface area contributed by atoms with E-state index in [0.29, 0.717) is 43.1 Å².